The lowest BCUT2D eigenvalue weighted by atomic mass is 10.1. The average molecular weight is 295 g/mol. The summed E-state index contributed by atoms with van der Waals surface area (Å²) in [6.07, 6.45) is 0.827. The van der Waals surface area contributed by atoms with Crippen molar-refractivity contribution in [2.24, 2.45) is 5.73 Å². The molecular formula is C14H15ClN2OS. The maximum absolute atomic E-state index is 11.5. The van der Waals surface area contributed by atoms with Crippen molar-refractivity contribution >= 4 is 28.8 Å². The van der Waals surface area contributed by atoms with Crippen LogP contribution in [-0.2, 0) is 11.2 Å². The summed E-state index contributed by atoms with van der Waals surface area (Å²) in [5.74, 6) is -0.365. The van der Waals surface area contributed by atoms with E-state index in [1.54, 1.807) is 11.3 Å². The zero-order chi connectivity index (χ0) is 13.7. The standard InChI is InChI=1S/C14H15ClN2OS/c15-12-7-6-11(19-12)8-9-17-13(14(16)18)10-4-2-1-3-5-10/h1-7,13,17H,8-9H2,(H2,16,18)/t13-/m1/s1. The fourth-order valence-electron chi connectivity index (χ4n) is 1.85. The second kappa shape index (κ2) is 6.70. The molecule has 1 amide bonds. The van der Waals surface area contributed by atoms with Gasteiger partial charge in [0.05, 0.1) is 4.34 Å². The van der Waals surface area contributed by atoms with Gasteiger partial charge < -0.3 is 11.1 Å². The van der Waals surface area contributed by atoms with Crippen molar-refractivity contribution in [3.63, 3.8) is 0 Å². The third kappa shape index (κ3) is 4.06. The summed E-state index contributed by atoms with van der Waals surface area (Å²) in [5, 5.41) is 3.18. The number of primary amides is 1. The Balaban J connectivity index is 1.93. The summed E-state index contributed by atoms with van der Waals surface area (Å²) < 4.78 is 0.782. The number of rotatable bonds is 6. The molecule has 0 saturated heterocycles. The number of nitrogens with one attached hydrogen (secondary N) is 1. The molecule has 0 aliphatic heterocycles. The van der Waals surface area contributed by atoms with E-state index in [1.807, 2.05) is 42.5 Å². The average Bonchev–Trinajstić information content (AvgIpc) is 2.81. The first kappa shape index (κ1) is 14.1. The van der Waals surface area contributed by atoms with Gasteiger partial charge in [-0.25, -0.2) is 0 Å². The van der Waals surface area contributed by atoms with E-state index in [-0.39, 0.29) is 5.91 Å². The van der Waals surface area contributed by atoms with Gasteiger partial charge in [-0.15, -0.1) is 11.3 Å². The molecule has 1 aromatic heterocycles. The molecule has 100 valence electrons. The number of carbonyl (C=O) groups is 1. The van der Waals surface area contributed by atoms with Crippen LogP contribution in [-0.4, -0.2) is 12.5 Å². The lowest BCUT2D eigenvalue weighted by Gasteiger charge is -2.15. The summed E-state index contributed by atoms with van der Waals surface area (Å²) in [6.45, 7) is 0.680. The van der Waals surface area contributed by atoms with Crippen molar-refractivity contribution in [3.05, 3.63) is 57.2 Å². The minimum atomic E-state index is -0.448. The quantitative estimate of drug-likeness (QED) is 0.861. The van der Waals surface area contributed by atoms with E-state index < -0.39 is 6.04 Å². The molecule has 0 saturated carbocycles. The maximum atomic E-state index is 11.5. The van der Waals surface area contributed by atoms with Crippen LogP contribution in [0.3, 0.4) is 0 Å². The first-order chi connectivity index (χ1) is 9.16. The van der Waals surface area contributed by atoms with E-state index in [0.717, 1.165) is 16.3 Å². The summed E-state index contributed by atoms with van der Waals surface area (Å²) >= 11 is 7.43. The number of hydrogen-bond acceptors (Lipinski definition) is 3. The van der Waals surface area contributed by atoms with Gasteiger partial charge in [-0.2, -0.15) is 0 Å². The van der Waals surface area contributed by atoms with Gasteiger partial charge in [-0.05, 0) is 24.1 Å². The van der Waals surface area contributed by atoms with Crippen molar-refractivity contribution in [2.45, 2.75) is 12.5 Å². The molecule has 0 fully saturated rings. The zero-order valence-corrected chi connectivity index (χ0v) is 11.9. The third-order valence-corrected chi connectivity index (χ3v) is 4.06. The molecule has 0 bridgehead atoms. The normalized spacial score (nSPS) is 12.3. The Hall–Kier alpha value is -1.36. The fourth-order valence-corrected chi connectivity index (χ4v) is 2.94. The molecule has 0 spiro atoms. The highest BCUT2D eigenvalue weighted by Gasteiger charge is 2.16. The first-order valence-electron chi connectivity index (χ1n) is 5.98. The SMILES string of the molecule is NC(=O)[C@H](NCCc1ccc(Cl)s1)c1ccccc1. The molecule has 1 atom stereocenters. The van der Waals surface area contributed by atoms with Crippen LogP contribution in [0.5, 0.6) is 0 Å². The van der Waals surface area contributed by atoms with Gasteiger partial charge in [0.1, 0.15) is 6.04 Å². The van der Waals surface area contributed by atoms with Crippen molar-refractivity contribution in [1.82, 2.24) is 5.32 Å². The molecule has 0 aliphatic rings. The van der Waals surface area contributed by atoms with Crippen LogP contribution >= 0.6 is 22.9 Å². The number of benzene rings is 1. The third-order valence-electron chi connectivity index (χ3n) is 2.77. The van der Waals surface area contributed by atoms with Crippen LogP contribution in [0.15, 0.2) is 42.5 Å². The molecule has 2 aromatic rings. The predicted molar refractivity (Wildman–Crippen MR) is 79.4 cm³/mol. The smallest absolute Gasteiger partial charge is 0.239 e. The Morgan fingerprint density at radius 3 is 2.58 bits per heavy atom. The Kier molecular flexibility index (Phi) is 4.96. The predicted octanol–water partition coefficient (Wildman–Crippen LogP) is 2.76. The highest BCUT2D eigenvalue weighted by Crippen LogP contribution is 2.21. The second-order valence-corrected chi connectivity index (χ2v) is 5.96. The van der Waals surface area contributed by atoms with Gasteiger partial charge in [0.25, 0.3) is 0 Å². The topological polar surface area (TPSA) is 55.1 Å². The molecule has 3 N–H and O–H groups in total. The molecule has 3 nitrogen and oxygen atoms in total. The number of thiophene rings is 1. The second-order valence-electron chi connectivity index (χ2n) is 4.16. The Morgan fingerprint density at radius 1 is 1.26 bits per heavy atom. The Bertz CT molecular complexity index is 541. The van der Waals surface area contributed by atoms with E-state index in [1.165, 1.54) is 4.88 Å². The van der Waals surface area contributed by atoms with Crippen LogP contribution < -0.4 is 11.1 Å². The lowest BCUT2D eigenvalue weighted by molar-refractivity contribution is -0.120. The summed E-state index contributed by atoms with van der Waals surface area (Å²) in [6, 6.07) is 12.9. The first-order valence-corrected chi connectivity index (χ1v) is 7.18. The van der Waals surface area contributed by atoms with Gasteiger partial charge >= 0.3 is 0 Å². The van der Waals surface area contributed by atoms with Crippen LogP contribution in [0.1, 0.15) is 16.5 Å². The van der Waals surface area contributed by atoms with Crippen molar-refractivity contribution < 1.29 is 4.79 Å². The Labute approximate surface area is 121 Å². The minimum Gasteiger partial charge on any atom is -0.368 e. The van der Waals surface area contributed by atoms with Gasteiger partial charge in [0.15, 0.2) is 0 Å². The molecular weight excluding hydrogens is 280 g/mol. The van der Waals surface area contributed by atoms with E-state index in [4.69, 9.17) is 17.3 Å². The van der Waals surface area contributed by atoms with Gasteiger partial charge in [-0.3, -0.25) is 4.79 Å². The molecule has 2 rings (SSSR count). The summed E-state index contributed by atoms with van der Waals surface area (Å²) in [5.41, 5.74) is 6.32. The van der Waals surface area contributed by atoms with E-state index in [9.17, 15) is 4.79 Å². The van der Waals surface area contributed by atoms with Gasteiger partial charge in [0.2, 0.25) is 5.91 Å². The van der Waals surface area contributed by atoms with E-state index in [0.29, 0.717) is 6.54 Å². The summed E-state index contributed by atoms with van der Waals surface area (Å²) in [4.78, 5) is 12.7. The highest BCUT2D eigenvalue weighted by atomic mass is 35.5. The molecule has 19 heavy (non-hydrogen) atoms. The zero-order valence-electron chi connectivity index (χ0n) is 10.3. The highest BCUT2D eigenvalue weighted by molar-refractivity contribution is 7.16. The van der Waals surface area contributed by atoms with Crippen molar-refractivity contribution in [2.75, 3.05) is 6.54 Å². The number of carbonyl (C=O) groups excluding carboxylic acids is 1. The lowest BCUT2D eigenvalue weighted by Crippen LogP contribution is -2.34. The number of hydrogen-bond donors (Lipinski definition) is 2. The van der Waals surface area contributed by atoms with Crippen molar-refractivity contribution in [3.8, 4) is 0 Å². The van der Waals surface area contributed by atoms with E-state index >= 15 is 0 Å². The monoisotopic (exact) mass is 294 g/mol. The number of nitrogens with two attached hydrogens (primary N) is 1. The Morgan fingerprint density at radius 2 is 2.00 bits per heavy atom. The van der Waals surface area contributed by atoms with Crippen LogP contribution in [0.25, 0.3) is 0 Å². The van der Waals surface area contributed by atoms with Crippen LogP contribution in [0.4, 0.5) is 0 Å². The molecule has 1 aromatic carbocycles. The molecule has 0 radical (unpaired) electrons. The number of amides is 1. The maximum Gasteiger partial charge on any atom is 0.239 e. The van der Waals surface area contributed by atoms with Crippen LogP contribution in [0.2, 0.25) is 4.34 Å². The molecule has 0 aliphatic carbocycles. The number of halogens is 1. The van der Waals surface area contributed by atoms with Crippen LogP contribution in [0, 0.1) is 0 Å². The summed E-state index contributed by atoms with van der Waals surface area (Å²) in [7, 11) is 0. The van der Waals surface area contributed by atoms with Gasteiger partial charge in [0, 0.05) is 11.4 Å². The van der Waals surface area contributed by atoms with Crippen molar-refractivity contribution in [1.29, 1.82) is 0 Å². The largest absolute Gasteiger partial charge is 0.368 e. The molecule has 5 heteroatoms. The minimum absolute atomic E-state index is 0.365. The van der Waals surface area contributed by atoms with Gasteiger partial charge in [-0.1, -0.05) is 41.9 Å². The molecule has 0 unspecified atom stereocenters. The fraction of sp³-hybridized carbons (Fsp3) is 0.214. The van der Waals surface area contributed by atoms with E-state index in [2.05, 4.69) is 5.32 Å². The molecule has 1 heterocycles.